The number of rotatable bonds is 12. The van der Waals surface area contributed by atoms with E-state index in [1.165, 1.54) is 9.13 Å². The summed E-state index contributed by atoms with van der Waals surface area (Å²) in [5, 5.41) is 63.2. The molecule has 2 saturated heterocycles. The molecular weight excluding hydrogens is 528 g/mol. The third-order valence-electron chi connectivity index (χ3n) is 7.59. The second-order valence-electron chi connectivity index (χ2n) is 10.5. The highest BCUT2D eigenvalue weighted by Crippen LogP contribution is 2.27. The fourth-order valence-corrected chi connectivity index (χ4v) is 5.24. The van der Waals surface area contributed by atoms with Crippen LogP contribution in [0.3, 0.4) is 0 Å². The highest BCUT2D eigenvalue weighted by molar-refractivity contribution is 5.76. The lowest BCUT2D eigenvalue weighted by molar-refractivity contribution is -0.292. The van der Waals surface area contributed by atoms with Crippen molar-refractivity contribution >= 4 is 11.0 Å². The van der Waals surface area contributed by atoms with Gasteiger partial charge in [-0.3, -0.25) is 9.13 Å². The lowest BCUT2D eigenvalue weighted by Crippen LogP contribution is -2.60. The molecule has 1 aromatic heterocycles. The maximum Gasteiger partial charge on any atom is 0.329 e. The maximum absolute atomic E-state index is 13.7. The second kappa shape index (κ2) is 13.8. The highest BCUT2D eigenvalue weighted by Gasteiger charge is 2.46. The molecule has 2 aliphatic rings. The molecule has 0 amide bonds. The molecule has 13 nitrogen and oxygen atoms in total. The molecule has 1 aromatic carbocycles. The normalized spacial score (nSPS) is 34.9. The number of unbranched alkanes of at least 4 members (excludes halogenated alkanes) is 2. The van der Waals surface area contributed by atoms with Crippen molar-refractivity contribution in [3.63, 3.8) is 0 Å². The first-order chi connectivity index (χ1) is 19.2. The van der Waals surface area contributed by atoms with E-state index in [1.54, 1.807) is 24.3 Å². The summed E-state index contributed by atoms with van der Waals surface area (Å²) in [4.78, 5) is 13.7. The van der Waals surface area contributed by atoms with Gasteiger partial charge < -0.3 is 49.6 Å². The van der Waals surface area contributed by atoms with Crippen LogP contribution < -0.4 is 5.69 Å². The molecule has 0 radical (unpaired) electrons. The van der Waals surface area contributed by atoms with Gasteiger partial charge in [0, 0.05) is 13.2 Å². The Hall–Kier alpha value is -1.91. The molecule has 0 spiro atoms. The minimum Gasteiger partial charge on any atom is -0.388 e. The smallest absolute Gasteiger partial charge is 0.329 e. The Balaban J connectivity index is 1.59. The Morgan fingerprint density at radius 3 is 1.48 bits per heavy atom. The molecule has 0 bridgehead atoms. The molecule has 3 heterocycles. The number of imidazole rings is 1. The number of fused-ring (bicyclic) bond motifs is 1. The summed E-state index contributed by atoms with van der Waals surface area (Å²) >= 11 is 0. The van der Waals surface area contributed by atoms with Crippen LogP contribution in [0.4, 0.5) is 0 Å². The van der Waals surface area contributed by atoms with Crippen molar-refractivity contribution in [2.45, 2.75) is 114 Å². The van der Waals surface area contributed by atoms with Gasteiger partial charge in [-0.2, -0.15) is 0 Å². The first-order valence-electron chi connectivity index (χ1n) is 14.0. The number of aliphatic hydroxyl groups is 6. The number of para-hydroxylation sites is 2. The van der Waals surface area contributed by atoms with E-state index < -0.39 is 67.1 Å². The zero-order chi connectivity index (χ0) is 29.0. The zero-order valence-corrected chi connectivity index (χ0v) is 22.9. The van der Waals surface area contributed by atoms with Crippen LogP contribution in [-0.4, -0.2) is 114 Å². The van der Waals surface area contributed by atoms with Crippen LogP contribution in [-0.2, 0) is 32.0 Å². The van der Waals surface area contributed by atoms with E-state index in [1.807, 2.05) is 13.8 Å². The van der Waals surface area contributed by atoms with Crippen molar-refractivity contribution in [3.05, 3.63) is 34.7 Å². The van der Waals surface area contributed by atoms with Gasteiger partial charge in [-0.15, -0.1) is 0 Å². The van der Waals surface area contributed by atoms with Crippen molar-refractivity contribution in [2.24, 2.45) is 0 Å². The van der Waals surface area contributed by atoms with Gasteiger partial charge in [0.25, 0.3) is 0 Å². The molecule has 10 atom stereocenters. The van der Waals surface area contributed by atoms with E-state index >= 15 is 0 Å². The Kier molecular flexibility index (Phi) is 10.7. The minimum atomic E-state index is -1.62. The van der Waals surface area contributed by atoms with Gasteiger partial charge in [0.2, 0.25) is 0 Å². The Morgan fingerprint density at radius 1 is 0.700 bits per heavy atom. The molecule has 0 aliphatic carbocycles. The third-order valence-corrected chi connectivity index (χ3v) is 7.59. The van der Waals surface area contributed by atoms with Gasteiger partial charge in [-0.1, -0.05) is 38.8 Å². The van der Waals surface area contributed by atoms with Crippen LogP contribution in [0.2, 0.25) is 0 Å². The van der Waals surface area contributed by atoms with Crippen molar-refractivity contribution < 1.29 is 49.6 Å². The maximum atomic E-state index is 13.7. The number of hydrogen-bond donors (Lipinski definition) is 6. The molecule has 0 saturated carbocycles. The van der Waals surface area contributed by atoms with Crippen LogP contribution in [0.25, 0.3) is 11.0 Å². The average molecular weight is 571 g/mol. The monoisotopic (exact) mass is 570 g/mol. The third kappa shape index (κ3) is 6.44. The second-order valence-corrected chi connectivity index (χ2v) is 10.5. The number of hydrogen-bond acceptors (Lipinski definition) is 11. The number of benzene rings is 1. The molecule has 13 heteroatoms. The van der Waals surface area contributed by atoms with E-state index in [0.717, 1.165) is 12.8 Å². The van der Waals surface area contributed by atoms with Crippen LogP contribution in [0.1, 0.15) is 39.5 Å². The summed E-state index contributed by atoms with van der Waals surface area (Å²) < 4.78 is 25.0. The quantitative estimate of drug-likeness (QED) is 0.173. The van der Waals surface area contributed by atoms with Crippen LogP contribution in [0.15, 0.2) is 29.1 Å². The molecule has 6 N–H and O–H groups in total. The van der Waals surface area contributed by atoms with E-state index in [4.69, 9.17) is 18.9 Å². The molecule has 4 rings (SSSR count). The Morgan fingerprint density at radius 2 is 1.10 bits per heavy atom. The molecule has 2 fully saturated rings. The van der Waals surface area contributed by atoms with Gasteiger partial charge in [-0.05, 0) is 25.0 Å². The first kappa shape index (κ1) is 31.0. The summed E-state index contributed by atoms with van der Waals surface area (Å²) in [7, 11) is 0. The minimum absolute atomic E-state index is 0.164. The molecule has 2 aromatic rings. The lowest BCUT2D eigenvalue weighted by Gasteiger charge is -2.40. The summed E-state index contributed by atoms with van der Waals surface area (Å²) in [5.41, 5.74) is 0.476. The summed E-state index contributed by atoms with van der Waals surface area (Å²) in [6.45, 7) is 4.18. The topological polar surface area (TPSA) is 185 Å². The van der Waals surface area contributed by atoms with Crippen LogP contribution in [0.5, 0.6) is 0 Å². The van der Waals surface area contributed by atoms with E-state index in [0.29, 0.717) is 23.9 Å². The number of aromatic nitrogens is 2. The predicted octanol–water partition coefficient (Wildman–Crippen LogP) is -0.948. The summed E-state index contributed by atoms with van der Waals surface area (Å²) in [6.07, 6.45) is -10.1. The van der Waals surface area contributed by atoms with E-state index in [9.17, 15) is 35.4 Å². The highest BCUT2D eigenvalue weighted by atomic mass is 16.7. The number of aliphatic hydroxyl groups excluding tert-OH is 6. The fourth-order valence-electron chi connectivity index (χ4n) is 5.24. The van der Waals surface area contributed by atoms with Crippen molar-refractivity contribution in [1.82, 2.24) is 9.13 Å². The van der Waals surface area contributed by atoms with E-state index in [2.05, 4.69) is 0 Å². The number of ether oxygens (including phenoxy) is 4. The predicted molar refractivity (Wildman–Crippen MR) is 141 cm³/mol. The van der Waals surface area contributed by atoms with Crippen LogP contribution >= 0.6 is 0 Å². The molecule has 226 valence electrons. The molecule has 40 heavy (non-hydrogen) atoms. The van der Waals surface area contributed by atoms with Crippen LogP contribution in [0, 0.1) is 0 Å². The molecule has 0 unspecified atom stereocenters. The van der Waals surface area contributed by atoms with Gasteiger partial charge in [0.15, 0.2) is 12.6 Å². The first-order valence-corrected chi connectivity index (χ1v) is 14.0. The summed E-state index contributed by atoms with van der Waals surface area (Å²) in [6, 6.07) is 6.88. The zero-order valence-electron chi connectivity index (χ0n) is 22.9. The Bertz CT molecular complexity index is 1060. The fraction of sp³-hybridized carbons (Fsp3) is 0.741. The number of nitrogens with zero attached hydrogens (tertiary/aromatic N) is 2. The van der Waals surface area contributed by atoms with Gasteiger partial charge in [0.05, 0.1) is 24.1 Å². The van der Waals surface area contributed by atoms with Gasteiger partial charge >= 0.3 is 5.69 Å². The molecular formula is C27H42N2O11. The summed E-state index contributed by atoms with van der Waals surface area (Å²) in [5.74, 6) is 0. The largest absolute Gasteiger partial charge is 0.388 e. The van der Waals surface area contributed by atoms with Crippen molar-refractivity contribution in [3.8, 4) is 0 Å². The SMILES string of the molecule is CCCCO[C@H]1[C@@H](O)[C@@H](Cn2c(=O)n(C[C@@H]3O[C@H](O)[C@H](O)[C@H](OCCCC)[C@@H]3O)c3ccccc32)O[C@@H](O)[C@H]1O. The van der Waals surface area contributed by atoms with Crippen molar-refractivity contribution in [2.75, 3.05) is 13.2 Å². The van der Waals surface area contributed by atoms with Crippen molar-refractivity contribution in [1.29, 1.82) is 0 Å². The van der Waals surface area contributed by atoms with E-state index in [-0.39, 0.29) is 26.3 Å². The molecule has 2 aliphatic heterocycles. The lowest BCUT2D eigenvalue weighted by atomic mass is 9.98. The average Bonchev–Trinajstić information content (AvgIpc) is 3.20. The Labute approximate surface area is 232 Å². The standard InChI is InChI=1S/C27H42N2O11/c1-3-5-11-37-23-19(30)17(39-25(34)21(23)32)13-28-15-9-7-8-10-16(15)29(27(28)36)14-18-20(31)24(38-12-6-4-2)22(33)26(35)40-18/h7-10,17-26,30-35H,3-6,11-14H2,1-2H3/t17-,18+,19+,20-,21+,22-,23+,24-,25-,26+. The van der Waals surface area contributed by atoms with Gasteiger partial charge in [-0.25, -0.2) is 4.79 Å². The van der Waals surface area contributed by atoms with Gasteiger partial charge in [0.1, 0.15) is 48.8 Å².